The van der Waals surface area contributed by atoms with Crippen LogP contribution in [0.3, 0.4) is 0 Å². The molecule has 158 valence electrons. The fourth-order valence-electron chi connectivity index (χ4n) is 3.26. The Labute approximate surface area is 195 Å². The molecule has 1 aromatic heterocycles. The van der Waals surface area contributed by atoms with Crippen LogP contribution in [0.1, 0.15) is 19.4 Å². The van der Waals surface area contributed by atoms with Gasteiger partial charge in [0.05, 0.1) is 22.2 Å². The molecule has 1 fully saturated rings. The van der Waals surface area contributed by atoms with Crippen molar-refractivity contribution in [3.8, 4) is 22.7 Å². The van der Waals surface area contributed by atoms with Crippen LogP contribution in [0.15, 0.2) is 59.6 Å². The molecular formula is C23H20ClN3O2S2. The van der Waals surface area contributed by atoms with Crippen molar-refractivity contribution in [1.29, 1.82) is 0 Å². The van der Waals surface area contributed by atoms with Crippen molar-refractivity contribution in [1.82, 2.24) is 14.7 Å². The molecule has 0 N–H and O–H groups in total. The van der Waals surface area contributed by atoms with Crippen molar-refractivity contribution in [3.63, 3.8) is 0 Å². The number of hydrogen-bond acceptors (Lipinski definition) is 5. The zero-order valence-electron chi connectivity index (χ0n) is 17.0. The van der Waals surface area contributed by atoms with E-state index < -0.39 is 0 Å². The van der Waals surface area contributed by atoms with Crippen LogP contribution >= 0.6 is 35.6 Å². The first-order valence-electron chi connectivity index (χ1n) is 9.85. The minimum absolute atomic E-state index is 0.0827. The summed E-state index contributed by atoms with van der Waals surface area (Å²) in [7, 11) is 0. The zero-order valence-corrected chi connectivity index (χ0v) is 19.4. The SMILES string of the molecule is CCOc1ccc(-c2nn(-c3ccccc3)cc2/C=C2\SC(=S)N(CC)C2=O)cc1Cl. The highest BCUT2D eigenvalue weighted by Gasteiger charge is 2.31. The van der Waals surface area contributed by atoms with Crippen LogP contribution in [0.2, 0.25) is 5.02 Å². The van der Waals surface area contributed by atoms with E-state index in [-0.39, 0.29) is 5.91 Å². The monoisotopic (exact) mass is 469 g/mol. The molecule has 2 heterocycles. The van der Waals surface area contributed by atoms with Gasteiger partial charge < -0.3 is 4.74 Å². The number of thiocarbonyl (C=S) groups is 1. The maximum atomic E-state index is 12.7. The van der Waals surface area contributed by atoms with Crippen molar-refractivity contribution in [2.45, 2.75) is 13.8 Å². The molecule has 0 aliphatic carbocycles. The second-order valence-electron chi connectivity index (χ2n) is 6.72. The Morgan fingerprint density at radius 3 is 2.61 bits per heavy atom. The largest absolute Gasteiger partial charge is 0.492 e. The van der Waals surface area contributed by atoms with Gasteiger partial charge >= 0.3 is 0 Å². The Balaban J connectivity index is 1.82. The smallest absolute Gasteiger partial charge is 0.266 e. The number of halogens is 1. The molecular weight excluding hydrogens is 450 g/mol. The van der Waals surface area contributed by atoms with Crippen LogP contribution in [-0.4, -0.2) is 38.1 Å². The summed E-state index contributed by atoms with van der Waals surface area (Å²) in [6, 6.07) is 15.4. The van der Waals surface area contributed by atoms with E-state index in [1.54, 1.807) is 9.58 Å². The summed E-state index contributed by atoms with van der Waals surface area (Å²) in [6.07, 6.45) is 3.76. The number of carbonyl (C=O) groups excluding carboxylic acids is 1. The third kappa shape index (κ3) is 4.39. The molecule has 0 bridgehead atoms. The van der Waals surface area contributed by atoms with Gasteiger partial charge in [-0.2, -0.15) is 5.10 Å². The zero-order chi connectivity index (χ0) is 22.0. The number of ether oxygens (including phenoxy) is 1. The van der Waals surface area contributed by atoms with Gasteiger partial charge in [-0.3, -0.25) is 9.69 Å². The minimum atomic E-state index is -0.0827. The summed E-state index contributed by atoms with van der Waals surface area (Å²) >= 11 is 13.1. The first-order chi connectivity index (χ1) is 15.0. The fourth-order valence-corrected chi connectivity index (χ4v) is 4.88. The quantitative estimate of drug-likeness (QED) is 0.336. The molecule has 31 heavy (non-hydrogen) atoms. The molecule has 1 amide bonds. The van der Waals surface area contributed by atoms with E-state index in [0.717, 1.165) is 22.5 Å². The first kappa shape index (κ1) is 21.6. The topological polar surface area (TPSA) is 47.4 Å². The molecule has 3 aromatic rings. The lowest BCUT2D eigenvalue weighted by atomic mass is 10.1. The predicted octanol–water partition coefficient (Wildman–Crippen LogP) is 5.81. The first-order valence-corrected chi connectivity index (χ1v) is 11.4. The molecule has 1 saturated heterocycles. The van der Waals surface area contributed by atoms with Gasteiger partial charge in [-0.15, -0.1) is 0 Å². The number of benzene rings is 2. The molecule has 0 atom stereocenters. The molecule has 1 aliphatic heterocycles. The van der Waals surface area contributed by atoms with Gasteiger partial charge in [-0.25, -0.2) is 4.68 Å². The van der Waals surface area contributed by atoms with Gasteiger partial charge in [0.25, 0.3) is 5.91 Å². The summed E-state index contributed by atoms with van der Waals surface area (Å²) in [5, 5.41) is 5.31. The molecule has 1 aliphatic rings. The summed E-state index contributed by atoms with van der Waals surface area (Å²) in [5.41, 5.74) is 3.28. The van der Waals surface area contributed by atoms with Crippen LogP contribution in [0, 0.1) is 0 Å². The van der Waals surface area contributed by atoms with E-state index in [1.807, 2.05) is 74.7 Å². The van der Waals surface area contributed by atoms with Crippen LogP contribution in [-0.2, 0) is 4.79 Å². The van der Waals surface area contributed by atoms with Crippen molar-refractivity contribution in [2.24, 2.45) is 0 Å². The summed E-state index contributed by atoms with van der Waals surface area (Å²) in [5.74, 6) is 0.543. The lowest BCUT2D eigenvalue weighted by Gasteiger charge is -2.09. The van der Waals surface area contributed by atoms with Gasteiger partial charge in [0.1, 0.15) is 15.8 Å². The Morgan fingerprint density at radius 2 is 1.97 bits per heavy atom. The second-order valence-corrected chi connectivity index (χ2v) is 8.80. The third-order valence-electron chi connectivity index (χ3n) is 4.74. The summed E-state index contributed by atoms with van der Waals surface area (Å²) in [4.78, 5) is 14.9. The van der Waals surface area contributed by atoms with Gasteiger partial charge in [-0.1, -0.05) is 53.8 Å². The van der Waals surface area contributed by atoms with Gasteiger partial charge in [0.15, 0.2) is 0 Å². The van der Waals surface area contributed by atoms with E-state index in [0.29, 0.717) is 33.1 Å². The number of hydrogen-bond donors (Lipinski definition) is 0. The number of para-hydroxylation sites is 1. The minimum Gasteiger partial charge on any atom is -0.492 e. The molecule has 0 spiro atoms. The normalized spacial score (nSPS) is 15.2. The van der Waals surface area contributed by atoms with E-state index in [1.165, 1.54) is 11.8 Å². The Kier molecular flexibility index (Phi) is 6.46. The Bertz CT molecular complexity index is 1170. The highest BCUT2D eigenvalue weighted by atomic mass is 35.5. The van der Waals surface area contributed by atoms with Crippen molar-refractivity contribution in [3.05, 3.63) is 70.2 Å². The van der Waals surface area contributed by atoms with Crippen LogP contribution in [0.4, 0.5) is 0 Å². The summed E-state index contributed by atoms with van der Waals surface area (Å²) in [6.45, 7) is 4.91. The molecule has 4 rings (SSSR count). The van der Waals surface area contributed by atoms with E-state index in [2.05, 4.69) is 0 Å². The van der Waals surface area contributed by atoms with Crippen LogP contribution in [0.5, 0.6) is 5.75 Å². The van der Waals surface area contributed by atoms with Crippen molar-refractivity contribution in [2.75, 3.05) is 13.2 Å². The van der Waals surface area contributed by atoms with E-state index >= 15 is 0 Å². The second kappa shape index (κ2) is 9.26. The third-order valence-corrected chi connectivity index (χ3v) is 6.42. The molecule has 2 aromatic carbocycles. The number of rotatable bonds is 6. The van der Waals surface area contributed by atoms with E-state index in [9.17, 15) is 4.79 Å². The average Bonchev–Trinajstić information content (AvgIpc) is 3.31. The average molecular weight is 470 g/mol. The molecule has 8 heteroatoms. The van der Waals surface area contributed by atoms with Crippen LogP contribution in [0.25, 0.3) is 23.0 Å². The van der Waals surface area contributed by atoms with Crippen molar-refractivity contribution < 1.29 is 9.53 Å². The predicted molar refractivity (Wildman–Crippen MR) is 131 cm³/mol. The lowest BCUT2D eigenvalue weighted by molar-refractivity contribution is -0.121. The molecule has 0 radical (unpaired) electrons. The number of thioether (sulfide) groups is 1. The highest BCUT2D eigenvalue weighted by Crippen LogP contribution is 2.36. The van der Waals surface area contributed by atoms with Gasteiger partial charge in [-0.05, 0) is 50.3 Å². The number of aromatic nitrogens is 2. The van der Waals surface area contributed by atoms with Gasteiger partial charge in [0, 0.05) is 23.9 Å². The van der Waals surface area contributed by atoms with Crippen LogP contribution < -0.4 is 4.74 Å². The van der Waals surface area contributed by atoms with E-state index in [4.69, 9.17) is 33.7 Å². The number of carbonyl (C=O) groups is 1. The highest BCUT2D eigenvalue weighted by molar-refractivity contribution is 8.26. The number of nitrogens with zero attached hydrogens (tertiary/aromatic N) is 3. The maximum Gasteiger partial charge on any atom is 0.266 e. The lowest BCUT2D eigenvalue weighted by Crippen LogP contribution is -2.27. The van der Waals surface area contributed by atoms with Crippen molar-refractivity contribution >= 4 is 51.9 Å². The molecule has 5 nitrogen and oxygen atoms in total. The van der Waals surface area contributed by atoms with Gasteiger partial charge in [0.2, 0.25) is 0 Å². The molecule has 0 saturated carbocycles. The fraction of sp³-hybridized carbons (Fsp3) is 0.174. The maximum absolute atomic E-state index is 12.7. The summed E-state index contributed by atoms with van der Waals surface area (Å²) < 4.78 is 7.92. The number of likely N-dealkylation sites (N-methyl/N-ethyl adjacent to an activating group) is 1. The Hall–Kier alpha value is -2.61. The molecule has 0 unspecified atom stereocenters. The standard InChI is InChI=1S/C23H20ClN3O2S2/c1-3-26-22(28)20(31-23(26)30)13-16-14-27(17-8-6-5-7-9-17)25-21(16)15-10-11-19(29-4-2)18(24)12-15/h5-14H,3-4H2,1-2H3/b20-13-. The number of amides is 1. The Morgan fingerprint density at radius 1 is 1.19 bits per heavy atom.